The molecule has 0 aromatic carbocycles. The third kappa shape index (κ3) is 29.8. The van der Waals surface area contributed by atoms with Gasteiger partial charge < -0.3 is 14.9 Å². The van der Waals surface area contributed by atoms with Crippen molar-refractivity contribution < 1.29 is 14.9 Å². The van der Waals surface area contributed by atoms with Crippen molar-refractivity contribution >= 4 is 0 Å². The molecule has 0 aromatic heterocycles. The molecule has 0 fully saturated rings. The van der Waals surface area contributed by atoms with Crippen LogP contribution in [0.15, 0.2) is 0 Å². The van der Waals surface area contributed by atoms with Gasteiger partial charge in [0.25, 0.3) is 0 Å². The fourth-order valence-corrected chi connectivity index (χ4v) is 4.38. The quantitative estimate of drug-likeness (QED) is 0.0839. The van der Waals surface area contributed by atoms with Crippen LogP contribution in [0.1, 0.15) is 175 Å². The van der Waals surface area contributed by atoms with Gasteiger partial charge in [0.15, 0.2) is 6.29 Å². The van der Waals surface area contributed by atoms with Crippen LogP contribution in [-0.2, 0) is 9.47 Å². The van der Waals surface area contributed by atoms with Crippen LogP contribution in [0.3, 0.4) is 0 Å². The average molecular weight is 473 g/mol. The molecule has 0 bridgehead atoms. The summed E-state index contributed by atoms with van der Waals surface area (Å²) >= 11 is 0. The molecule has 2 N–H and O–H groups in total. The Morgan fingerprint density at radius 1 is 0.364 bits per heavy atom. The smallest absolute Gasteiger partial charge is 0.157 e. The van der Waals surface area contributed by atoms with Crippen LogP contribution in [0.2, 0.25) is 0 Å². The van der Waals surface area contributed by atoms with E-state index in [0.717, 1.165) is 19.6 Å². The predicted molar refractivity (Wildman–Crippen MR) is 147 cm³/mol. The first-order chi connectivity index (χ1) is 15.8. The Balaban J connectivity index is 0. The number of hydrogen-bond donors (Lipinski definition) is 0. The van der Waals surface area contributed by atoms with Gasteiger partial charge in [-0.15, -0.1) is 0 Å². The second-order valence-electron chi connectivity index (χ2n) is 10.0. The van der Waals surface area contributed by atoms with Gasteiger partial charge in [-0.25, -0.2) is 0 Å². The molecule has 3 heteroatoms. The molecule has 0 heterocycles. The molecular weight excluding hydrogens is 408 g/mol. The maximum atomic E-state index is 6.18. The van der Waals surface area contributed by atoms with Crippen LogP contribution in [0.25, 0.3) is 0 Å². The van der Waals surface area contributed by atoms with Gasteiger partial charge >= 0.3 is 0 Å². The minimum atomic E-state index is 0. The Hall–Kier alpha value is -0.120. The van der Waals surface area contributed by atoms with Crippen LogP contribution in [0.4, 0.5) is 0 Å². The molecule has 202 valence electrons. The Bertz CT molecular complexity index is 300. The predicted octanol–water partition coefficient (Wildman–Crippen LogP) is 9.94. The van der Waals surface area contributed by atoms with E-state index in [4.69, 9.17) is 9.47 Å². The summed E-state index contributed by atoms with van der Waals surface area (Å²) in [5, 5.41) is 0. The van der Waals surface area contributed by atoms with E-state index in [1.54, 1.807) is 0 Å². The lowest BCUT2D eigenvalue weighted by Gasteiger charge is -2.19. The monoisotopic (exact) mass is 472 g/mol. The molecule has 0 radical (unpaired) electrons. The lowest BCUT2D eigenvalue weighted by atomic mass is 10.1. The second-order valence-corrected chi connectivity index (χ2v) is 10.0. The Kier molecular flexibility index (Phi) is 33.9. The molecule has 0 aliphatic carbocycles. The van der Waals surface area contributed by atoms with E-state index in [-0.39, 0.29) is 11.8 Å². The highest BCUT2D eigenvalue weighted by molar-refractivity contribution is 4.53. The van der Waals surface area contributed by atoms with Crippen LogP contribution >= 0.6 is 0 Å². The van der Waals surface area contributed by atoms with Gasteiger partial charge in [0.1, 0.15) is 0 Å². The van der Waals surface area contributed by atoms with Crippen LogP contribution in [-0.4, -0.2) is 25.0 Å². The van der Waals surface area contributed by atoms with E-state index in [9.17, 15) is 0 Å². The van der Waals surface area contributed by atoms with Crippen molar-refractivity contribution in [3.63, 3.8) is 0 Å². The van der Waals surface area contributed by atoms with Crippen LogP contribution in [0, 0.1) is 0 Å². The van der Waals surface area contributed by atoms with E-state index in [0.29, 0.717) is 0 Å². The molecule has 3 nitrogen and oxygen atoms in total. The largest absolute Gasteiger partial charge is 0.412 e. The molecule has 0 aliphatic rings. The minimum absolute atomic E-state index is 0. The minimum Gasteiger partial charge on any atom is -0.412 e. The normalized spacial score (nSPS) is 12.1. The van der Waals surface area contributed by atoms with E-state index < -0.39 is 0 Å². The second kappa shape index (κ2) is 31.9. The molecule has 0 saturated carbocycles. The SMILES string of the molecule is CCCCCCCCCCCC(OCCCCCCCC)OCCCCCCCCCC.O. The van der Waals surface area contributed by atoms with E-state index in [1.165, 1.54) is 148 Å². The zero-order valence-electron chi connectivity index (χ0n) is 23.3. The highest BCUT2D eigenvalue weighted by Crippen LogP contribution is 2.15. The Morgan fingerprint density at radius 2 is 0.636 bits per heavy atom. The first kappa shape index (κ1) is 35.0. The summed E-state index contributed by atoms with van der Waals surface area (Å²) in [5.74, 6) is 0. The van der Waals surface area contributed by atoms with Gasteiger partial charge in [-0.2, -0.15) is 0 Å². The van der Waals surface area contributed by atoms with Gasteiger partial charge in [-0.05, 0) is 25.7 Å². The van der Waals surface area contributed by atoms with Gasteiger partial charge in [0, 0.05) is 13.2 Å². The highest BCUT2D eigenvalue weighted by Gasteiger charge is 2.09. The average Bonchev–Trinajstić information content (AvgIpc) is 2.80. The van der Waals surface area contributed by atoms with Crippen molar-refractivity contribution in [3.05, 3.63) is 0 Å². The molecular formula is C30H64O3. The highest BCUT2D eigenvalue weighted by atomic mass is 16.7. The summed E-state index contributed by atoms with van der Waals surface area (Å²) in [6.45, 7) is 8.63. The molecule has 0 aromatic rings. The lowest BCUT2D eigenvalue weighted by Crippen LogP contribution is -2.19. The Labute approximate surface area is 209 Å². The summed E-state index contributed by atoms with van der Waals surface area (Å²) in [4.78, 5) is 0. The number of ether oxygens (including phenoxy) is 2. The van der Waals surface area contributed by atoms with Crippen molar-refractivity contribution in [2.24, 2.45) is 0 Å². The Morgan fingerprint density at radius 3 is 0.970 bits per heavy atom. The van der Waals surface area contributed by atoms with E-state index in [1.807, 2.05) is 0 Å². The standard InChI is InChI=1S/C30H62O2.H2O/c1-4-7-10-13-16-18-19-21-24-27-30(31-28-25-22-15-12-9-6-3)32-29-26-23-20-17-14-11-8-5-2;/h30H,4-29H2,1-3H3;1H2. The summed E-state index contributed by atoms with van der Waals surface area (Å²) in [7, 11) is 0. The summed E-state index contributed by atoms with van der Waals surface area (Å²) in [6.07, 6.45) is 32.4. The summed E-state index contributed by atoms with van der Waals surface area (Å²) < 4.78 is 12.4. The first-order valence-corrected chi connectivity index (χ1v) is 15.1. The van der Waals surface area contributed by atoms with Crippen molar-refractivity contribution in [2.45, 2.75) is 181 Å². The molecule has 0 rings (SSSR count). The van der Waals surface area contributed by atoms with Crippen molar-refractivity contribution in [3.8, 4) is 0 Å². The lowest BCUT2D eigenvalue weighted by molar-refractivity contribution is -0.148. The van der Waals surface area contributed by atoms with Crippen molar-refractivity contribution in [1.82, 2.24) is 0 Å². The van der Waals surface area contributed by atoms with Gasteiger partial charge in [0.2, 0.25) is 0 Å². The van der Waals surface area contributed by atoms with Crippen molar-refractivity contribution in [1.29, 1.82) is 0 Å². The summed E-state index contributed by atoms with van der Waals surface area (Å²) in [6, 6.07) is 0. The molecule has 1 atom stereocenters. The van der Waals surface area contributed by atoms with E-state index >= 15 is 0 Å². The molecule has 0 saturated heterocycles. The number of hydrogen-bond acceptors (Lipinski definition) is 2. The van der Waals surface area contributed by atoms with Crippen LogP contribution in [0.5, 0.6) is 0 Å². The third-order valence-corrected chi connectivity index (χ3v) is 6.65. The maximum Gasteiger partial charge on any atom is 0.157 e. The van der Waals surface area contributed by atoms with E-state index in [2.05, 4.69) is 20.8 Å². The zero-order valence-corrected chi connectivity index (χ0v) is 23.3. The van der Waals surface area contributed by atoms with Crippen LogP contribution < -0.4 is 0 Å². The number of unbranched alkanes of at least 4 members (excludes halogenated alkanes) is 20. The zero-order chi connectivity index (χ0) is 23.4. The molecule has 0 spiro atoms. The van der Waals surface area contributed by atoms with Gasteiger partial charge in [-0.1, -0.05) is 149 Å². The number of rotatable bonds is 28. The first-order valence-electron chi connectivity index (χ1n) is 15.1. The topological polar surface area (TPSA) is 50.0 Å². The maximum absolute atomic E-state index is 6.18. The van der Waals surface area contributed by atoms with Gasteiger partial charge in [0.05, 0.1) is 0 Å². The van der Waals surface area contributed by atoms with Gasteiger partial charge in [-0.3, -0.25) is 0 Å². The third-order valence-electron chi connectivity index (χ3n) is 6.65. The fraction of sp³-hybridized carbons (Fsp3) is 1.00. The summed E-state index contributed by atoms with van der Waals surface area (Å²) in [5.41, 5.74) is 0. The molecule has 0 amide bonds. The molecule has 33 heavy (non-hydrogen) atoms. The molecule has 1 unspecified atom stereocenters. The van der Waals surface area contributed by atoms with Crippen molar-refractivity contribution in [2.75, 3.05) is 13.2 Å². The molecule has 0 aliphatic heterocycles. The fourth-order valence-electron chi connectivity index (χ4n) is 4.38.